The lowest BCUT2D eigenvalue weighted by atomic mass is 10.0. The van der Waals surface area contributed by atoms with Gasteiger partial charge < -0.3 is 21.3 Å². The molecule has 0 aliphatic heterocycles. The van der Waals surface area contributed by atoms with Gasteiger partial charge in [0.05, 0.1) is 11.7 Å². The first-order chi connectivity index (χ1) is 15.9. The third-order valence-electron chi connectivity index (χ3n) is 6.25. The van der Waals surface area contributed by atoms with Crippen LogP contribution in [0.15, 0.2) is 55.4 Å². The van der Waals surface area contributed by atoms with E-state index in [-0.39, 0.29) is 35.4 Å². The third kappa shape index (κ3) is 4.62. The molecule has 3 aromatic rings. The number of nitrogens with two attached hydrogens (primary N) is 1. The highest BCUT2D eigenvalue weighted by atomic mass is 16.2. The molecule has 1 aromatic carbocycles. The Labute approximate surface area is 192 Å². The van der Waals surface area contributed by atoms with Crippen LogP contribution in [0.25, 0.3) is 10.9 Å². The summed E-state index contributed by atoms with van der Waals surface area (Å²) in [5, 5.41) is 7.14. The first-order valence-corrected chi connectivity index (χ1v) is 10.8. The van der Waals surface area contributed by atoms with Gasteiger partial charge in [-0.3, -0.25) is 14.6 Å². The van der Waals surface area contributed by atoms with Crippen LogP contribution in [0, 0.1) is 5.92 Å². The first-order valence-electron chi connectivity index (χ1n) is 10.8. The molecule has 0 spiro atoms. The molecule has 170 valence electrons. The Hall–Kier alpha value is -4.01. The van der Waals surface area contributed by atoms with Crippen molar-refractivity contribution in [3.8, 4) is 0 Å². The lowest BCUT2D eigenvalue weighted by Gasteiger charge is -2.30. The van der Waals surface area contributed by atoms with Gasteiger partial charge in [-0.15, -0.1) is 0 Å². The maximum atomic E-state index is 12.0. The molecule has 1 aliphatic rings. The molecule has 33 heavy (non-hydrogen) atoms. The smallest absolute Gasteiger partial charge is 0.271 e. The van der Waals surface area contributed by atoms with Crippen LogP contribution in [0.5, 0.6) is 0 Å². The zero-order valence-corrected chi connectivity index (χ0v) is 18.7. The minimum absolute atomic E-state index is 0.0598. The summed E-state index contributed by atoms with van der Waals surface area (Å²) in [5.74, 6) is 0.261. The average Bonchev–Trinajstić information content (AvgIpc) is 3.18. The van der Waals surface area contributed by atoms with Gasteiger partial charge in [-0.2, -0.15) is 0 Å². The predicted molar refractivity (Wildman–Crippen MR) is 128 cm³/mol. The van der Waals surface area contributed by atoms with E-state index in [1.54, 1.807) is 12.4 Å². The van der Waals surface area contributed by atoms with Gasteiger partial charge in [0, 0.05) is 36.4 Å². The molecule has 4 N–H and O–H groups in total. The number of rotatable bonds is 7. The number of pyridine rings is 1. The molecule has 1 saturated carbocycles. The Morgan fingerprint density at radius 2 is 2.06 bits per heavy atom. The summed E-state index contributed by atoms with van der Waals surface area (Å²) in [4.78, 5) is 39.1. The summed E-state index contributed by atoms with van der Waals surface area (Å²) < 4.78 is 0. The van der Waals surface area contributed by atoms with Gasteiger partial charge in [-0.25, -0.2) is 9.97 Å². The average molecular weight is 446 g/mol. The lowest BCUT2D eigenvalue weighted by Crippen LogP contribution is -2.42. The summed E-state index contributed by atoms with van der Waals surface area (Å²) in [6, 6.07) is 9.72. The molecular formula is C24H27N7O2. The lowest BCUT2D eigenvalue weighted by molar-refractivity contribution is -0.117. The van der Waals surface area contributed by atoms with Crippen LogP contribution in [-0.2, 0) is 4.79 Å². The summed E-state index contributed by atoms with van der Waals surface area (Å²) in [6.45, 7) is 5.63. The molecule has 0 bridgehead atoms. The quantitative estimate of drug-likeness (QED) is 0.477. The van der Waals surface area contributed by atoms with Crippen molar-refractivity contribution < 1.29 is 9.59 Å². The molecule has 1 fully saturated rings. The Kier molecular flexibility index (Phi) is 6.21. The van der Waals surface area contributed by atoms with Crippen LogP contribution in [0.2, 0.25) is 0 Å². The standard InChI is InChI=1S/C24H27N7O2/c1-4-21(32)29-17-9-10-19(14(17)2)31(3)20-13-27-22(23(25)33)24(30-20)28-16-7-8-18-15(12-16)6-5-11-26-18/h4-8,11-14,17,19H,1,9-10H2,2-3H3,(H2,25,33)(H,28,30)(H,29,32)/t14-,17?,19+/m0/s1. The van der Waals surface area contributed by atoms with Crippen molar-refractivity contribution in [1.82, 2.24) is 20.3 Å². The van der Waals surface area contributed by atoms with E-state index in [0.717, 1.165) is 29.4 Å². The van der Waals surface area contributed by atoms with Gasteiger partial charge in [-0.1, -0.05) is 19.6 Å². The maximum Gasteiger partial charge on any atom is 0.271 e. The number of amides is 2. The number of fused-ring (bicyclic) bond motifs is 1. The third-order valence-corrected chi connectivity index (χ3v) is 6.25. The van der Waals surface area contributed by atoms with E-state index in [0.29, 0.717) is 5.82 Å². The minimum Gasteiger partial charge on any atom is -0.364 e. The van der Waals surface area contributed by atoms with Crippen molar-refractivity contribution in [2.24, 2.45) is 11.7 Å². The zero-order chi connectivity index (χ0) is 23.5. The second kappa shape index (κ2) is 9.23. The van der Waals surface area contributed by atoms with E-state index in [1.807, 2.05) is 42.3 Å². The highest BCUT2D eigenvalue weighted by Crippen LogP contribution is 2.32. The number of anilines is 3. The topological polar surface area (TPSA) is 126 Å². The van der Waals surface area contributed by atoms with E-state index < -0.39 is 5.91 Å². The van der Waals surface area contributed by atoms with Crippen molar-refractivity contribution in [2.75, 3.05) is 17.3 Å². The van der Waals surface area contributed by atoms with Gasteiger partial charge in [0.2, 0.25) is 5.91 Å². The first kappa shape index (κ1) is 22.2. The Bertz CT molecular complexity index is 1210. The van der Waals surface area contributed by atoms with Crippen LogP contribution in [0.4, 0.5) is 17.3 Å². The van der Waals surface area contributed by atoms with Crippen molar-refractivity contribution in [2.45, 2.75) is 31.8 Å². The fourth-order valence-corrected chi connectivity index (χ4v) is 4.41. The summed E-state index contributed by atoms with van der Waals surface area (Å²) in [5.41, 5.74) is 7.23. The van der Waals surface area contributed by atoms with Crippen LogP contribution < -0.4 is 21.3 Å². The largest absolute Gasteiger partial charge is 0.364 e. The monoisotopic (exact) mass is 445 g/mol. The van der Waals surface area contributed by atoms with E-state index in [4.69, 9.17) is 5.73 Å². The molecule has 9 nitrogen and oxygen atoms in total. The Balaban J connectivity index is 1.59. The molecule has 1 unspecified atom stereocenters. The van der Waals surface area contributed by atoms with E-state index in [1.165, 1.54) is 6.08 Å². The highest BCUT2D eigenvalue weighted by Gasteiger charge is 2.36. The summed E-state index contributed by atoms with van der Waals surface area (Å²) in [7, 11) is 1.94. The van der Waals surface area contributed by atoms with Crippen LogP contribution in [0.1, 0.15) is 30.3 Å². The number of benzene rings is 1. The molecule has 1 aliphatic carbocycles. The fourth-order valence-electron chi connectivity index (χ4n) is 4.41. The molecule has 3 atom stereocenters. The minimum atomic E-state index is -0.664. The second-order valence-corrected chi connectivity index (χ2v) is 8.26. The van der Waals surface area contributed by atoms with Gasteiger partial charge in [-0.05, 0) is 49.1 Å². The van der Waals surface area contributed by atoms with Gasteiger partial charge in [0.15, 0.2) is 11.5 Å². The number of nitrogens with one attached hydrogen (secondary N) is 2. The maximum absolute atomic E-state index is 12.0. The van der Waals surface area contributed by atoms with Crippen LogP contribution in [0.3, 0.4) is 0 Å². The molecule has 0 radical (unpaired) electrons. The predicted octanol–water partition coefficient (Wildman–Crippen LogP) is 2.77. The molecule has 2 heterocycles. The highest BCUT2D eigenvalue weighted by molar-refractivity contribution is 5.96. The molecule has 9 heteroatoms. The normalized spacial score (nSPS) is 19.8. The fraction of sp³-hybridized carbons (Fsp3) is 0.292. The van der Waals surface area contributed by atoms with Crippen LogP contribution >= 0.6 is 0 Å². The number of hydrogen-bond acceptors (Lipinski definition) is 7. The number of aromatic nitrogens is 3. The Morgan fingerprint density at radius 1 is 1.24 bits per heavy atom. The molecular weight excluding hydrogens is 418 g/mol. The molecule has 4 rings (SSSR count). The number of carbonyl (C=O) groups excluding carboxylic acids is 2. The van der Waals surface area contributed by atoms with Gasteiger partial charge in [0.1, 0.15) is 5.82 Å². The number of carbonyl (C=O) groups is 2. The van der Waals surface area contributed by atoms with E-state index in [9.17, 15) is 9.59 Å². The van der Waals surface area contributed by atoms with Crippen LogP contribution in [-0.4, -0.2) is 45.9 Å². The van der Waals surface area contributed by atoms with E-state index in [2.05, 4.69) is 39.1 Å². The van der Waals surface area contributed by atoms with Crippen molar-refractivity contribution in [3.63, 3.8) is 0 Å². The van der Waals surface area contributed by atoms with Crippen molar-refractivity contribution in [3.05, 3.63) is 61.1 Å². The van der Waals surface area contributed by atoms with Crippen molar-refractivity contribution >= 4 is 40.0 Å². The summed E-state index contributed by atoms with van der Waals surface area (Å²) in [6.07, 6.45) is 6.33. The molecule has 2 aromatic heterocycles. The van der Waals surface area contributed by atoms with E-state index >= 15 is 0 Å². The summed E-state index contributed by atoms with van der Waals surface area (Å²) >= 11 is 0. The van der Waals surface area contributed by atoms with Gasteiger partial charge >= 0.3 is 0 Å². The Morgan fingerprint density at radius 3 is 2.82 bits per heavy atom. The van der Waals surface area contributed by atoms with Crippen molar-refractivity contribution in [1.29, 1.82) is 0 Å². The SMILES string of the molecule is C=CC(=O)NC1CC[C@@H](N(C)c2cnc(C(N)=O)c(Nc3ccc4ncccc4c3)n2)[C@H]1C. The molecule has 0 saturated heterocycles. The molecule has 2 amide bonds. The number of nitrogens with zero attached hydrogens (tertiary/aromatic N) is 4. The van der Waals surface area contributed by atoms with Gasteiger partial charge in [0.25, 0.3) is 5.91 Å². The number of hydrogen-bond donors (Lipinski definition) is 3. The zero-order valence-electron chi connectivity index (χ0n) is 18.7. The second-order valence-electron chi connectivity index (χ2n) is 8.26. The number of primary amides is 1.